The fourth-order valence-corrected chi connectivity index (χ4v) is 1.42. The molecule has 1 atom stereocenters. The first-order valence-corrected chi connectivity index (χ1v) is 4.93. The van der Waals surface area contributed by atoms with Crippen molar-refractivity contribution in [3.63, 3.8) is 0 Å². The van der Waals surface area contributed by atoms with Crippen LogP contribution in [-0.2, 0) is 5.60 Å². The second kappa shape index (κ2) is 4.96. The molecule has 0 saturated carbocycles. The molecule has 0 fully saturated rings. The molecule has 6 heteroatoms. The fraction of sp³-hybridized carbons (Fsp3) is 0.333. The van der Waals surface area contributed by atoms with Crippen molar-refractivity contribution in [2.45, 2.75) is 5.60 Å². The van der Waals surface area contributed by atoms with Crippen molar-refractivity contribution >= 4 is 24.2 Å². The van der Waals surface area contributed by atoms with E-state index in [4.69, 9.17) is 26.8 Å². The van der Waals surface area contributed by atoms with Crippen LogP contribution in [0.1, 0.15) is 5.56 Å². The fourth-order valence-electron chi connectivity index (χ4n) is 1.18. The van der Waals surface area contributed by atoms with Crippen molar-refractivity contribution in [3.8, 4) is 0 Å². The molecule has 1 rings (SSSR count). The van der Waals surface area contributed by atoms with E-state index in [1.165, 1.54) is 24.3 Å². The summed E-state index contributed by atoms with van der Waals surface area (Å²) in [6, 6.07) is 5.89. The largest absolute Gasteiger partial charge is 0.488 e. The van der Waals surface area contributed by atoms with Crippen molar-refractivity contribution in [3.05, 3.63) is 29.8 Å². The smallest absolute Gasteiger partial charge is 0.423 e. The Bertz CT molecular complexity index is 310. The van der Waals surface area contributed by atoms with Gasteiger partial charge in [0.2, 0.25) is 0 Å². The Balaban J connectivity index is 2.97. The summed E-state index contributed by atoms with van der Waals surface area (Å²) in [6.45, 7) is -0.489. The lowest BCUT2D eigenvalue weighted by atomic mass is 9.79. The van der Waals surface area contributed by atoms with Crippen LogP contribution >= 0.6 is 11.6 Å². The van der Waals surface area contributed by atoms with E-state index in [2.05, 4.69) is 0 Å². The molecule has 1 aromatic carbocycles. The Morgan fingerprint density at radius 2 is 1.73 bits per heavy atom. The maximum Gasteiger partial charge on any atom is 0.488 e. The van der Waals surface area contributed by atoms with Crippen molar-refractivity contribution in [1.82, 2.24) is 0 Å². The molecule has 0 unspecified atom stereocenters. The van der Waals surface area contributed by atoms with E-state index in [0.29, 0.717) is 11.0 Å². The summed E-state index contributed by atoms with van der Waals surface area (Å²) in [5.41, 5.74) is -0.737. The molecule has 0 saturated heterocycles. The van der Waals surface area contributed by atoms with Crippen LogP contribution in [0.3, 0.4) is 0 Å². The molecular weight excluding hydrogens is 218 g/mol. The van der Waals surface area contributed by atoms with Gasteiger partial charge in [-0.15, -0.1) is 11.6 Å². The van der Waals surface area contributed by atoms with E-state index in [-0.39, 0.29) is 5.88 Å². The molecule has 0 spiro atoms. The molecule has 0 bridgehead atoms. The highest BCUT2D eigenvalue weighted by molar-refractivity contribution is 6.58. The number of hydrogen-bond acceptors (Lipinski definition) is 4. The summed E-state index contributed by atoms with van der Waals surface area (Å²) in [5.74, 6) is -0.134. The van der Waals surface area contributed by atoms with Crippen LogP contribution in [0.2, 0.25) is 0 Å². The first-order valence-electron chi connectivity index (χ1n) is 4.39. The maximum atomic E-state index is 9.82. The highest BCUT2D eigenvalue weighted by Gasteiger charge is 2.27. The molecule has 1 aromatic rings. The zero-order chi connectivity index (χ0) is 11.5. The first kappa shape index (κ1) is 12.5. The van der Waals surface area contributed by atoms with Crippen LogP contribution in [0.25, 0.3) is 0 Å². The number of benzene rings is 1. The summed E-state index contributed by atoms with van der Waals surface area (Å²) in [5, 5.41) is 36.5. The van der Waals surface area contributed by atoms with Gasteiger partial charge in [-0.2, -0.15) is 0 Å². The molecule has 0 aliphatic heterocycles. The molecule has 4 N–H and O–H groups in total. The summed E-state index contributed by atoms with van der Waals surface area (Å²) >= 11 is 5.54. The van der Waals surface area contributed by atoms with E-state index < -0.39 is 19.3 Å². The second-order valence-electron chi connectivity index (χ2n) is 3.32. The average molecular weight is 230 g/mol. The number of rotatable bonds is 4. The number of hydrogen-bond donors (Lipinski definition) is 4. The predicted molar refractivity (Wildman–Crippen MR) is 58.0 cm³/mol. The molecule has 0 aromatic heterocycles. The SMILES string of the molecule is OC[C@](O)(CCl)c1ccc(B(O)O)cc1. The predicted octanol–water partition coefficient (Wildman–Crippen LogP) is -1.21. The molecule has 0 amide bonds. The Labute approximate surface area is 92.9 Å². The third-order valence-electron chi connectivity index (χ3n) is 2.23. The Hall–Kier alpha value is -0.585. The van der Waals surface area contributed by atoms with Crippen LogP contribution in [0.4, 0.5) is 0 Å². The van der Waals surface area contributed by atoms with E-state index >= 15 is 0 Å². The number of aliphatic hydroxyl groups is 2. The van der Waals surface area contributed by atoms with Gasteiger partial charge in [-0.25, -0.2) is 0 Å². The normalized spacial score (nSPS) is 14.7. The van der Waals surface area contributed by atoms with Gasteiger partial charge in [0.25, 0.3) is 0 Å². The number of alkyl halides is 1. The highest BCUT2D eigenvalue weighted by atomic mass is 35.5. The van der Waals surface area contributed by atoms with E-state index in [1.54, 1.807) is 0 Å². The van der Waals surface area contributed by atoms with Gasteiger partial charge in [-0.3, -0.25) is 0 Å². The lowest BCUT2D eigenvalue weighted by Gasteiger charge is -2.23. The van der Waals surface area contributed by atoms with Gasteiger partial charge in [0.1, 0.15) is 5.60 Å². The second-order valence-corrected chi connectivity index (χ2v) is 3.59. The lowest BCUT2D eigenvalue weighted by molar-refractivity contribution is 0.000950. The quantitative estimate of drug-likeness (QED) is 0.386. The minimum Gasteiger partial charge on any atom is -0.423 e. The van der Waals surface area contributed by atoms with Gasteiger partial charge in [0.05, 0.1) is 12.5 Å². The minimum absolute atomic E-state index is 0.134. The van der Waals surface area contributed by atoms with Gasteiger partial charge in [0, 0.05) is 0 Å². The Morgan fingerprint density at radius 1 is 1.20 bits per heavy atom. The molecule has 0 aliphatic carbocycles. The standard InChI is InChI=1S/C9H12BClO4/c11-5-9(13,6-12)7-1-3-8(4-2-7)10(14)15/h1-4,12-15H,5-6H2/t9-/m1/s1. The van der Waals surface area contributed by atoms with Crippen LogP contribution in [0.5, 0.6) is 0 Å². The van der Waals surface area contributed by atoms with E-state index in [0.717, 1.165) is 0 Å². The number of aliphatic hydroxyl groups excluding tert-OH is 1. The summed E-state index contributed by atoms with van der Waals surface area (Å²) in [6.07, 6.45) is 0. The molecule has 0 radical (unpaired) electrons. The maximum absolute atomic E-state index is 9.82. The van der Waals surface area contributed by atoms with Crippen LogP contribution < -0.4 is 5.46 Å². The van der Waals surface area contributed by atoms with Crippen molar-refractivity contribution in [2.75, 3.05) is 12.5 Å². The average Bonchev–Trinajstić information content (AvgIpc) is 2.28. The third-order valence-corrected chi connectivity index (χ3v) is 2.67. The van der Waals surface area contributed by atoms with E-state index in [1.807, 2.05) is 0 Å². The highest BCUT2D eigenvalue weighted by Crippen LogP contribution is 2.21. The molecule has 0 aliphatic rings. The van der Waals surface area contributed by atoms with Crippen molar-refractivity contribution in [2.24, 2.45) is 0 Å². The van der Waals surface area contributed by atoms with Crippen molar-refractivity contribution in [1.29, 1.82) is 0 Å². The van der Waals surface area contributed by atoms with Gasteiger partial charge in [0.15, 0.2) is 0 Å². The van der Waals surface area contributed by atoms with Gasteiger partial charge in [-0.1, -0.05) is 24.3 Å². The third kappa shape index (κ3) is 2.71. The van der Waals surface area contributed by atoms with Crippen LogP contribution in [-0.4, -0.2) is 39.9 Å². The Kier molecular flexibility index (Phi) is 4.13. The molecule has 0 heterocycles. The van der Waals surface area contributed by atoms with Gasteiger partial charge >= 0.3 is 7.12 Å². The Morgan fingerprint density at radius 3 is 2.07 bits per heavy atom. The first-order chi connectivity index (χ1) is 7.03. The monoisotopic (exact) mass is 230 g/mol. The summed E-state index contributed by atoms with van der Waals surface area (Å²) in [4.78, 5) is 0. The molecular formula is C9H12BClO4. The van der Waals surface area contributed by atoms with Gasteiger partial charge in [-0.05, 0) is 11.0 Å². The van der Waals surface area contributed by atoms with Gasteiger partial charge < -0.3 is 20.3 Å². The minimum atomic E-state index is -1.54. The zero-order valence-electron chi connectivity index (χ0n) is 7.97. The van der Waals surface area contributed by atoms with E-state index in [9.17, 15) is 5.11 Å². The molecule has 4 nitrogen and oxygen atoms in total. The topological polar surface area (TPSA) is 80.9 Å². The summed E-state index contributed by atoms with van der Waals surface area (Å²) in [7, 11) is -1.54. The molecule has 15 heavy (non-hydrogen) atoms. The summed E-state index contributed by atoms with van der Waals surface area (Å²) < 4.78 is 0. The lowest BCUT2D eigenvalue weighted by Crippen LogP contribution is -2.34. The van der Waals surface area contributed by atoms with Crippen LogP contribution in [0.15, 0.2) is 24.3 Å². The van der Waals surface area contributed by atoms with Crippen LogP contribution in [0, 0.1) is 0 Å². The zero-order valence-corrected chi connectivity index (χ0v) is 8.72. The number of halogens is 1. The molecule has 82 valence electrons. The van der Waals surface area contributed by atoms with Crippen molar-refractivity contribution < 1.29 is 20.3 Å².